The van der Waals surface area contributed by atoms with E-state index in [-0.39, 0.29) is 25.3 Å². The summed E-state index contributed by atoms with van der Waals surface area (Å²) in [6.45, 7) is 1.28. The van der Waals surface area contributed by atoms with Gasteiger partial charge in [0, 0.05) is 25.1 Å². The quantitative estimate of drug-likeness (QED) is 0.411. The highest BCUT2D eigenvalue weighted by Crippen LogP contribution is 2.62. The molecule has 14 heteroatoms. The zero-order valence-corrected chi connectivity index (χ0v) is 20.4. The summed E-state index contributed by atoms with van der Waals surface area (Å²) in [6, 6.07) is 6.92. The predicted molar refractivity (Wildman–Crippen MR) is 121 cm³/mol. The number of anilines is 1. The molecule has 0 spiro atoms. The Labute approximate surface area is 218 Å². The van der Waals surface area contributed by atoms with Crippen LogP contribution in [-0.2, 0) is 20.5 Å². The first-order chi connectivity index (χ1) is 17.8. The van der Waals surface area contributed by atoms with Crippen LogP contribution in [0.25, 0.3) is 5.53 Å². The average molecular weight is 550 g/mol. The normalized spacial score (nSPS) is 31.9. The first kappa shape index (κ1) is 26.0. The fraction of sp³-hybridized carbons (Fsp3) is 0.417. The molecule has 5 rings (SSSR count). The molecule has 3 fully saturated rings. The average Bonchev–Trinajstić information content (AvgIpc) is 3.37. The number of carbonyl (C=O) groups excluding carboxylic acids is 2. The number of aromatic nitrogens is 1. The number of hydrogen-bond acceptors (Lipinski definition) is 7. The molecular weight excluding hydrogens is 531 g/mol. The number of nitrogens with zero attached hydrogens (tertiary/aromatic N) is 4. The molecule has 0 saturated carbocycles. The molecule has 3 unspecified atom stereocenters. The molecule has 4 heterocycles. The van der Waals surface area contributed by atoms with Crippen molar-refractivity contribution in [1.82, 2.24) is 4.98 Å². The van der Waals surface area contributed by atoms with Crippen molar-refractivity contribution in [3.05, 3.63) is 58.2 Å². The first-order valence-corrected chi connectivity index (χ1v) is 11.8. The van der Waals surface area contributed by atoms with E-state index in [1.54, 1.807) is 6.07 Å². The molecule has 198 valence electrons. The van der Waals surface area contributed by atoms with Crippen LogP contribution in [0.5, 0.6) is 5.88 Å². The summed E-state index contributed by atoms with van der Waals surface area (Å²) < 4.78 is 52.6. The molecular formula is C24H19ClF3N5O5. The standard InChI is InChI=1S/C24H19ClF3N5O5/c1-21-16(34)9-22(38-21,6-7-37-17-5-3-13(25)11-31-17)23(32-30)18(21)19(35)33(20(23)36)14-4-2-12(10-29)15(8-14)24(26,27)28/h2-5,8,11,16,18,32,34H,6-7,9H2,1H3/t16-,18?,21?,22?,23-/m0/s1. The number of halogens is 4. The topological polar surface area (TPSA) is 149 Å². The Hall–Kier alpha value is -3.60. The number of benzene rings is 1. The number of rotatable bonds is 6. The van der Waals surface area contributed by atoms with Crippen LogP contribution in [0.15, 0.2) is 36.5 Å². The lowest BCUT2D eigenvalue weighted by Crippen LogP contribution is -2.93. The van der Waals surface area contributed by atoms with Gasteiger partial charge >= 0.3 is 12.1 Å². The minimum absolute atomic E-state index is 0.109. The molecule has 1 aromatic carbocycles. The van der Waals surface area contributed by atoms with Gasteiger partial charge in [-0.2, -0.15) is 18.4 Å². The highest BCUT2D eigenvalue weighted by molar-refractivity contribution is 6.30. The molecule has 1 aromatic heterocycles. The minimum Gasteiger partial charge on any atom is -0.508 e. The summed E-state index contributed by atoms with van der Waals surface area (Å²) in [5.41, 5.74) is 2.45. The molecule has 5 atom stereocenters. The summed E-state index contributed by atoms with van der Waals surface area (Å²) in [5, 5.41) is 22.3. The zero-order valence-electron chi connectivity index (χ0n) is 19.6. The lowest BCUT2D eigenvalue weighted by Gasteiger charge is -2.38. The van der Waals surface area contributed by atoms with Crippen molar-refractivity contribution in [1.29, 1.82) is 5.26 Å². The summed E-state index contributed by atoms with van der Waals surface area (Å²) in [6.07, 6.45) is -5.12. The number of hydrogen-bond donors (Lipinski definition) is 2. The van der Waals surface area contributed by atoms with Crippen molar-refractivity contribution in [2.45, 2.75) is 48.8 Å². The second kappa shape index (κ2) is 8.45. The lowest BCUT2D eigenvalue weighted by molar-refractivity contribution is -0.578. The van der Waals surface area contributed by atoms with E-state index in [9.17, 15) is 33.4 Å². The Bertz CT molecular complexity index is 1400. The van der Waals surface area contributed by atoms with Crippen LogP contribution in [0.3, 0.4) is 0 Å². The van der Waals surface area contributed by atoms with Crippen LogP contribution in [0.4, 0.5) is 18.9 Å². The van der Waals surface area contributed by atoms with Crippen molar-refractivity contribution in [3.63, 3.8) is 0 Å². The molecule has 2 N–H and O–H groups in total. The van der Waals surface area contributed by atoms with Gasteiger partial charge in [0.1, 0.15) is 17.1 Å². The number of alkyl halides is 3. The van der Waals surface area contributed by atoms with Crippen LogP contribution in [0, 0.1) is 17.2 Å². The van der Waals surface area contributed by atoms with E-state index in [1.807, 2.05) is 5.11 Å². The molecule has 2 bridgehead atoms. The number of nitrogens with one attached hydrogen (secondary N) is 1. The van der Waals surface area contributed by atoms with Crippen LogP contribution in [0.1, 0.15) is 30.9 Å². The second-order valence-electron chi connectivity index (χ2n) is 9.58. The van der Waals surface area contributed by atoms with Crippen molar-refractivity contribution in [2.75, 3.05) is 11.5 Å². The number of pyridine rings is 1. The van der Waals surface area contributed by atoms with Gasteiger partial charge < -0.3 is 25.2 Å². The Kier molecular flexibility index (Phi) is 5.79. The summed E-state index contributed by atoms with van der Waals surface area (Å²) in [5.74, 6) is -3.33. The fourth-order valence-corrected chi connectivity index (χ4v) is 6.08. The van der Waals surface area contributed by atoms with Gasteiger partial charge in [-0.1, -0.05) is 11.6 Å². The Morgan fingerprint density at radius 2 is 2.11 bits per heavy atom. The van der Waals surface area contributed by atoms with Gasteiger partial charge in [-0.25, -0.2) is 9.88 Å². The van der Waals surface area contributed by atoms with Crippen molar-refractivity contribution in [2.24, 2.45) is 5.92 Å². The lowest BCUT2D eigenvalue weighted by atomic mass is 9.61. The van der Waals surface area contributed by atoms with E-state index in [0.717, 1.165) is 12.1 Å². The van der Waals surface area contributed by atoms with Crippen molar-refractivity contribution < 1.29 is 42.5 Å². The molecule has 3 saturated heterocycles. The van der Waals surface area contributed by atoms with Gasteiger partial charge in [0.15, 0.2) is 0 Å². The monoisotopic (exact) mass is 549 g/mol. The number of fused-ring (bicyclic) bond motifs is 5. The summed E-state index contributed by atoms with van der Waals surface area (Å²) in [7, 11) is 0. The number of imide groups is 1. The van der Waals surface area contributed by atoms with Gasteiger partial charge in [-0.3, -0.25) is 9.59 Å². The Morgan fingerprint density at radius 3 is 2.71 bits per heavy atom. The van der Waals surface area contributed by atoms with Crippen LogP contribution < -0.4 is 14.8 Å². The molecule has 0 aliphatic carbocycles. The predicted octanol–water partition coefficient (Wildman–Crippen LogP) is 1.72. The first-order valence-electron chi connectivity index (χ1n) is 11.4. The molecule has 3 aliphatic heterocycles. The highest BCUT2D eigenvalue weighted by atomic mass is 35.5. The van der Waals surface area contributed by atoms with E-state index in [1.165, 1.54) is 25.3 Å². The minimum atomic E-state index is -4.94. The van der Waals surface area contributed by atoms with E-state index >= 15 is 0 Å². The van der Waals surface area contributed by atoms with Gasteiger partial charge in [-0.05, 0) is 31.2 Å². The van der Waals surface area contributed by atoms with Gasteiger partial charge in [0.25, 0.3) is 5.54 Å². The number of aliphatic hydroxyl groups excluding tert-OH is 1. The fourth-order valence-electron chi connectivity index (χ4n) is 5.97. The molecule has 3 aliphatic rings. The molecule has 10 nitrogen and oxygen atoms in total. The van der Waals surface area contributed by atoms with Gasteiger partial charge in [-0.15, -0.1) is 0 Å². The van der Waals surface area contributed by atoms with Crippen molar-refractivity contribution in [3.8, 4) is 11.9 Å². The van der Waals surface area contributed by atoms with Gasteiger partial charge in [0.2, 0.25) is 11.8 Å². The third kappa shape index (κ3) is 3.37. The van der Waals surface area contributed by atoms with Crippen LogP contribution in [0.2, 0.25) is 5.02 Å². The maximum atomic E-state index is 13.9. The maximum absolute atomic E-state index is 13.9. The van der Waals surface area contributed by atoms with Crippen LogP contribution in [-0.4, -0.2) is 51.4 Å². The van der Waals surface area contributed by atoms with Crippen LogP contribution >= 0.6 is 11.6 Å². The highest BCUT2D eigenvalue weighted by Gasteiger charge is 2.88. The Balaban J connectivity index is 1.55. The van der Waals surface area contributed by atoms with E-state index in [2.05, 4.69) is 4.98 Å². The molecule has 0 radical (unpaired) electrons. The summed E-state index contributed by atoms with van der Waals surface area (Å²) in [4.78, 5) is 32.1. The van der Waals surface area contributed by atoms with E-state index in [0.29, 0.717) is 16.0 Å². The van der Waals surface area contributed by atoms with Gasteiger partial charge in [0.05, 0.1) is 40.6 Å². The third-order valence-corrected chi connectivity index (χ3v) is 7.88. The van der Waals surface area contributed by atoms with Crippen molar-refractivity contribution >= 4 is 29.1 Å². The second-order valence-corrected chi connectivity index (χ2v) is 10.0. The van der Waals surface area contributed by atoms with E-state index in [4.69, 9.17) is 26.3 Å². The number of amides is 2. The smallest absolute Gasteiger partial charge is 0.417 e. The SMILES string of the molecule is CC12OC(CCOc3ccc(Cl)cn3)(C[C@@H]1O)[C@@]1([NH+]=[N-])C(=O)N(c3ccc(C#N)c(C(F)(F)F)c3)C(=O)C21. The number of nitriles is 1. The maximum Gasteiger partial charge on any atom is 0.417 e. The number of aliphatic hydroxyl groups is 1. The molecule has 2 amide bonds. The third-order valence-electron chi connectivity index (χ3n) is 7.65. The number of carbonyl (C=O) groups is 2. The largest absolute Gasteiger partial charge is 0.508 e. The molecule has 38 heavy (non-hydrogen) atoms. The zero-order chi connectivity index (χ0) is 27.7. The molecule has 2 aromatic rings. The number of ether oxygens (including phenoxy) is 2. The summed E-state index contributed by atoms with van der Waals surface area (Å²) >= 11 is 5.82. The van der Waals surface area contributed by atoms with E-state index < -0.39 is 63.6 Å². The Morgan fingerprint density at radius 1 is 1.37 bits per heavy atom.